The number of carboxylic acids is 1. The van der Waals surface area contributed by atoms with Gasteiger partial charge in [0.2, 0.25) is 0 Å². The lowest BCUT2D eigenvalue weighted by atomic mass is 9.96. The van der Waals surface area contributed by atoms with Gasteiger partial charge in [0, 0.05) is 0 Å². The van der Waals surface area contributed by atoms with Gasteiger partial charge in [-0.15, -0.1) is 0 Å². The SMILES string of the molecule is Cc1cccc(C(O)C(C)C(=O)O)c1. The first kappa shape index (κ1) is 10.7. The maximum atomic E-state index is 10.6. The van der Waals surface area contributed by atoms with E-state index in [2.05, 4.69) is 0 Å². The topological polar surface area (TPSA) is 57.5 Å². The molecule has 0 aliphatic heterocycles. The number of aliphatic carboxylic acids is 1. The van der Waals surface area contributed by atoms with Crippen LogP contribution in [0.3, 0.4) is 0 Å². The fourth-order valence-electron chi connectivity index (χ4n) is 1.28. The van der Waals surface area contributed by atoms with Crippen molar-refractivity contribution in [1.82, 2.24) is 0 Å². The summed E-state index contributed by atoms with van der Waals surface area (Å²) in [5, 5.41) is 18.4. The van der Waals surface area contributed by atoms with Crippen molar-refractivity contribution in [1.29, 1.82) is 0 Å². The zero-order chi connectivity index (χ0) is 10.7. The van der Waals surface area contributed by atoms with Gasteiger partial charge in [-0.2, -0.15) is 0 Å². The van der Waals surface area contributed by atoms with Crippen molar-refractivity contribution in [3.63, 3.8) is 0 Å². The van der Waals surface area contributed by atoms with Gasteiger partial charge in [0.25, 0.3) is 0 Å². The van der Waals surface area contributed by atoms with E-state index in [1.807, 2.05) is 19.1 Å². The Morgan fingerprint density at radius 2 is 2.07 bits per heavy atom. The number of hydrogen-bond acceptors (Lipinski definition) is 2. The fraction of sp³-hybridized carbons (Fsp3) is 0.364. The Kier molecular flexibility index (Phi) is 3.25. The Bertz CT molecular complexity index is 333. The summed E-state index contributed by atoms with van der Waals surface area (Å²) in [7, 11) is 0. The Morgan fingerprint density at radius 1 is 1.43 bits per heavy atom. The Morgan fingerprint density at radius 3 is 2.57 bits per heavy atom. The summed E-state index contributed by atoms with van der Waals surface area (Å²) >= 11 is 0. The molecule has 1 aromatic carbocycles. The molecule has 0 aliphatic rings. The number of aliphatic hydroxyl groups is 1. The Hall–Kier alpha value is -1.35. The Labute approximate surface area is 83.0 Å². The second kappa shape index (κ2) is 4.24. The molecule has 0 saturated carbocycles. The average Bonchev–Trinajstić information content (AvgIpc) is 2.15. The van der Waals surface area contributed by atoms with E-state index in [-0.39, 0.29) is 0 Å². The second-order valence-electron chi connectivity index (χ2n) is 3.49. The van der Waals surface area contributed by atoms with Crippen LogP contribution in [0.5, 0.6) is 0 Å². The van der Waals surface area contributed by atoms with Crippen LogP contribution in [0.4, 0.5) is 0 Å². The molecule has 3 nitrogen and oxygen atoms in total. The minimum atomic E-state index is -0.987. The van der Waals surface area contributed by atoms with Gasteiger partial charge < -0.3 is 10.2 Å². The summed E-state index contributed by atoms with van der Waals surface area (Å²) in [6.07, 6.45) is -0.938. The van der Waals surface area contributed by atoms with E-state index in [1.165, 1.54) is 6.92 Å². The van der Waals surface area contributed by atoms with E-state index in [1.54, 1.807) is 12.1 Å². The number of benzene rings is 1. The highest BCUT2D eigenvalue weighted by molar-refractivity contribution is 5.70. The van der Waals surface area contributed by atoms with Crippen LogP contribution in [0.25, 0.3) is 0 Å². The number of aliphatic hydroxyl groups excluding tert-OH is 1. The molecule has 0 bridgehead atoms. The normalized spacial score (nSPS) is 14.8. The monoisotopic (exact) mass is 194 g/mol. The van der Waals surface area contributed by atoms with Crippen molar-refractivity contribution in [3.8, 4) is 0 Å². The molecule has 76 valence electrons. The molecule has 3 heteroatoms. The lowest BCUT2D eigenvalue weighted by molar-refractivity contribution is -0.145. The average molecular weight is 194 g/mol. The number of rotatable bonds is 3. The molecule has 0 radical (unpaired) electrons. The minimum absolute atomic E-state index is 0.653. The predicted molar refractivity (Wildman–Crippen MR) is 52.9 cm³/mol. The van der Waals surface area contributed by atoms with Gasteiger partial charge >= 0.3 is 5.97 Å². The lowest BCUT2D eigenvalue weighted by Crippen LogP contribution is -2.18. The quantitative estimate of drug-likeness (QED) is 0.770. The number of carbonyl (C=O) groups is 1. The molecular formula is C11H14O3. The van der Waals surface area contributed by atoms with E-state index >= 15 is 0 Å². The van der Waals surface area contributed by atoms with Gasteiger partial charge in [0.05, 0.1) is 12.0 Å². The van der Waals surface area contributed by atoms with Crippen molar-refractivity contribution >= 4 is 5.97 Å². The summed E-state index contributed by atoms with van der Waals surface area (Å²) in [5.41, 5.74) is 1.67. The van der Waals surface area contributed by atoms with Gasteiger partial charge in [-0.3, -0.25) is 4.79 Å². The molecule has 0 saturated heterocycles. The van der Waals surface area contributed by atoms with Crippen LogP contribution in [-0.2, 0) is 4.79 Å². The third kappa shape index (κ3) is 2.33. The minimum Gasteiger partial charge on any atom is -0.481 e. The zero-order valence-corrected chi connectivity index (χ0v) is 8.27. The first-order valence-corrected chi connectivity index (χ1v) is 4.50. The molecule has 0 spiro atoms. The van der Waals surface area contributed by atoms with Crippen LogP contribution in [-0.4, -0.2) is 16.2 Å². The van der Waals surface area contributed by atoms with Crippen LogP contribution in [0.2, 0.25) is 0 Å². The lowest BCUT2D eigenvalue weighted by Gasteiger charge is -2.15. The van der Waals surface area contributed by atoms with Gasteiger partial charge in [0.15, 0.2) is 0 Å². The molecule has 0 aromatic heterocycles. The summed E-state index contributed by atoms with van der Waals surface area (Å²) < 4.78 is 0. The van der Waals surface area contributed by atoms with E-state index in [4.69, 9.17) is 5.11 Å². The highest BCUT2D eigenvalue weighted by atomic mass is 16.4. The molecular weight excluding hydrogens is 180 g/mol. The molecule has 0 fully saturated rings. The summed E-state index contributed by atoms with van der Waals surface area (Å²) in [5.74, 6) is -1.77. The number of hydrogen-bond donors (Lipinski definition) is 2. The summed E-state index contributed by atoms with van der Waals surface area (Å²) in [6.45, 7) is 3.40. The van der Waals surface area contributed by atoms with Crippen molar-refractivity contribution in [2.24, 2.45) is 5.92 Å². The van der Waals surface area contributed by atoms with Crippen molar-refractivity contribution in [3.05, 3.63) is 35.4 Å². The molecule has 0 aliphatic carbocycles. The third-order valence-corrected chi connectivity index (χ3v) is 2.25. The van der Waals surface area contributed by atoms with Crippen molar-refractivity contribution in [2.45, 2.75) is 20.0 Å². The maximum Gasteiger partial charge on any atom is 0.309 e. The molecule has 14 heavy (non-hydrogen) atoms. The van der Waals surface area contributed by atoms with Gasteiger partial charge in [-0.25, -0.2) is 0 Å². The molecule has 1 rings (SSSR count). The highest BCUT2D eigenvalue weighted by Crippen LogP contribution is 2.22. The summed E-state index contributed by atoms with van der Waals surface area (Å²) in [6, 6.07) is 7.24. The molecule has 2 unspecified atom stereocenters. The van der Waals surface area contributed by atoms with Crippen LogP contribution in [0.1, 0.15) is 24.2 Å². The highest BCUT2D eigenvalue weighted by Gasteiger charge is 2.22. The molecule has 2 atom stereocenters. The fourth-order valence-corrected chi connectivity index (χ4v) is 1.28. The smallest absolute Gasteiger partial charge is 0.309 e. The van der Waals surface area contributed by atoms with Gasteiger partial charge in [-0.05, 0) is 19.4 Å². The first-order valence-electron chi connectivity index (χ1n) is 4.50. The summed E-state index contributed by atoms with van der Waals surface area (Å²) in [4.78, 5) is 10.6. The second-order valence-corrected chi connectivity index (χ2v) is 3.49. The standard InChI is InChI=1S/C11H14O3/c1-7-4-3-5-9(6-7)10(12)8(2)11(13)14/h3-6,8,10,12H,1-2H3,(H,13,14). The number of aryl methyl sites for hydroxylation is 1. The predicted octanol–water partition coefficient (Wildman–Crippen LogP) is 1.75. The van der Waals surface area contributed by atoms with Gasteiger partial charge in [-0.1, -0.05) is 29.8 Å². The van der Waals surface area contributed by atoms with E-state index < -0.39 is 18.0 Å². The zero-order valence-electron chi connectivity index (χ0n) is 8.27. The molecule has 1 aromatic rings. The van der Waals surface area contributed by atoms with Crippen LogP contribution in [0.15, 0.2) is 24.3 Å². The van der Waals surface area contributed by atoms with Crippen molar-refractivity contribution < 1.29 is 15.0 Å². The van der Waals surface area contributed by atoms with Gasteiger partial charge in [0.1, 0.15) is 0 Å². The van der Waals surface area contributed by atoms with Crippen LogP contribution >= 0.6 is 0 Å². The van der Waals surface area contributed by atoms with Crippen LogP contribution in [0, 0.1) is 12.8 Å². The third-order valence-electron chi connectivity index (χ3n) is 2.25. The largest absolute Gasteiger partial charge is 0.481 e. The Balaban J connectivity index is 2.89. The molecule has 0 amide bonds. The first-order chi connectivity index (χ1) is 6.52. The van der Waals surface area contributed by atoms with E-state index in [0.717, 1.165) is 5.56 Å². The molecule has 2 N–H and O–H groups in total. The van der Waals surface area contributed by atoms with Crippen LogP contribution < -0.4 is 0 Å². The van der Waals surface area contributed by atoms with E-state index in [9.17, 15) is 9.90 Å². The maximum absolute atomic E-state index is 10.6. The van der Waals surface area contributed by atoms with E-state index in [0.29, 0.717) is 5.56 Å². The van der Waals surface area contributed by atoms with Crippen molar-refractivity contribution in [2.75, 3.05) is 0 Å². The molecule has 0 heterocycles. The number of carboxylic acid groups (broad SMARTS) is 1.